The quantitative estimate of drug-likeness (QED) is 0.792. The highest BCUT2D eigenvalue weighted by Crippen LogP contribution is 2.28. The Morgan fingerprint density at radius 2 is 2.12 bits per heavy atom. The Morgan fingerprint density at radius 3 is 2.65 bits per heavy atom. The van der Waals surface area contributed by atoms with Gasteiger partial charge < -0.3 is 0 Å². The molecule has 0 spiro atoms. The summed E-state index contributed by atoms with van der Waals surface area (Å²) in [7, 11) is 0. The number of aryl methyl sites for hydroxylation is 1. The van der Waals surface area contributed by atoms with Crippen LogP contribution in [0.5, 0.6) is 0 Å². The number of amides is 1. The summed E-state index contributed by atoms with van der Waals surface area (Å²) in [6.07, 6.45) is 0.782. The summed E-state index contributed by atoms with van der Waals surface area (Å²) in [4.78, 5) is 12.1. The van der Waals surface area contributed by atoms with Crippen LogP contribution in [0.4, 0.5) is 5.69 Å². The smallest absolute Gasteiger partial charge is 0.256 e. The Hall–Kier alpha value is -1.35. The molecule has 0 saturated carbocycles. The molecular formula is C13H15ClN2O. The summed E-state index contributed by atoms with van der Waals surface area (Å²) in [5, 5.41) is 6.41. The van der Waals surface area contributed by atoms with E-state index in [1.54, 1.807) is 6.07 Å². The monoisotopic (exact) mass is 250 g/mol. The molecule has 0 radical (unpaired) electrons. The van der Waals surface area contributed by atoms with Gasteiger partial charge in [0.1, 0.15) is 0 Å². The molecule has 4 heteroatoms. The van der Waals surface area contributed by atoms with E-state index in [2.05, 4.69) is 5.10 Å². The Kier molecular flexibility index (Phi) is 3.20. The zero-order chi connectivity index (χ0) is 12.6. The van der Waals surface area contributed by atoms with E-state index in [0.717, 1.165) is 23.4 Å². The number of halogens is 1. The number of benzene rings is 1. The molecule has 0 bridgehead atoms. The van der Waals surface area contributed by atoms with Crippen LogP contribution in [0.15, 0.2) is 23.3 Å². The fourth-order valence-electron chi connectivity index (χ4n) is 1.97. The number of hydrazone groups is 1. The first kappa shape index (κ1) is 12.1. The minimum atomic E-state index is -0.0879. The highest BCUT2D eigenvalue weighted by molar-refractivity contribution is 6.31. The van der Waals surface area contributed by atoms with Crippen molar-refractivity contribution in [3.05, 3.63) is 28.8 Å². The molecule has 1 unspecified atom stereocenters. The fourth-order valence-corrected chi connectivity index (χ4v) is 2.15. The lowest BCUT2D eigenvalue weighted by atomic mass is 10.0. The Bertz CT molecular complexity index is 496. The number of anilines is 1. The second-order valence-electron chi connectivity index (χ2n) is 4.29. The van der Waals surface area contributed by atoms with E-state index in [4.69, 9.17) is 11.6 Å². The van der Waals surface area contributed by atoms with Crippen LogP contribution in [0.3, 0.4) is 0 Å². The first-order valence-electron chi connectivity index (χ1n) is 5.69. The molecule has 0 N–H and O–H groups in total. The predicted molar refractivity (Wildman–Crippen MR) is 70.6 cm³/mol. The van der Waals surface area contributed by atoms with Crippen molar-refractivity contribution in [3.63, 3.8) is 0 Å². The maximum atomic E-state index is 12.1. The SMILES string of the molecule is CCC1C(=O)N(c2ccc(C)c(Cl)c2)N=C1C. The van der Waals surface area contributed by atoms with Crippen molar-refractivity contribution >= 4 is 28.9 Å². The van der Waals surface area contributed by atoms with Crippen LogP contribution in [-0.4, -0.2) is 11.6 Å². The number of rotatable bonds is 2. The van der Waals surface area contributed by atoms with Crippen molar-refractivity contribution in [3.8, 4) is 0 Å². The molecule has 1 aliphatic rings. The zero-order valence-corrected chi connectivity index (χ0v) is 11.0. The number of carbonyl (C=O) groups is 1. The van der Waals surface area contributed by atoms with Gasteiger partial charge >= 0.3 is 0 Å². The van der Waals surface area contributed by atoms with E-state index in [0.29, 0.717) is 5.02 Å². The Balaban J connectivity index is 2.36. The van der Waals surface area contributed by atoms with Gasteiger partial charge in [-0.1, -0.05) is 24.6 Å². The largest absolute Gasteiger partial charge is 0.272 e. The van der Waals surface area contributed by atoms with Gasteiger partial charge in [0, 0.05) is 10.7 Å². The normalized spacial score (nSPS) is 19.8. The van der Waals surface area contributed by atoms with Crippen molar-refractivity contribution in [2.24, 2.45) is 11.0 Å². The number of hydrogen-bond donors (Lipinski definition) is 0. The summed E-state index contributed by atoms with van der Waals surface area (Å²) >= 11 is 6.06. The zero-order valence-electron chi connectivity index (χ0n) is 10.2. The van der Waals surface area contributed by atoms with Gasteiger partial charge in [-0.3, -0.25) is 4.79 Å². The van der Waals surface area contributed by atoms with Crippen molar-refractivity contribution in [1.29, 1.82) is 0 Å². The van der Waals surface area contributed by atoms with Crippen LogP contribution >= 0.6 is 11.6 Å². The molecule has 0 aliphatic carbocycles. The molecule has 1 aliphatic heterocycles. The van der Waals surface area contributed by atoms with Crippen LogP contribution in [0.1, 0.15) is 25.8 Å². The van der Waals surface area contributed by atoms with Crippen LogP contribution < -0.4 is 5.01 Å². The predicted octanol–water partition coefficient (Wildman–Crippen LogP) is 3.40. The van der Waals surface area contributed by atoms with Crippen LogP contribution in [0.25, 0.3) is 0 Å². The summed E-state index contributed by atoms with van der Waals surface area (Å²) < 4.78 is 0. The van der Waals surface area contributed by atoms with E-state index in [-0.39, 0.29) is 11.8 Å². The van der Waals surface area contributed by atoms with Gasteiger partial charge in [-0.25, -0.2) is 5.01 Å². The molecule has 1 aromatic rings. The molecule has 2 rings (SSSR count). The van der Waals surface area contributed by atoms with Gasteiger partial charge in [-0.05, 0) is 38.0 Å². The molecule has 0 fully saturated rings. The molecule has 1 aromatic carbocycles. The standard InChI is InChI=1S/C13H15ClN2O/c1-4-11-9(3)15-16(13(11)17)10-6-5-8(2)12(14)7-10/h5-7,11H,4H2,1-3H3. The third-order valence-electron chi connectivity index (χ3n) is 3.08. The molecule has 90 valence electrons. The maximum absolute atomic E-state index is 12.1. The van der Waals surface area contributed by atoms with Crippen molar-refractivity contribution in [1.82, 2.24) is 0 Å². The van der Waals surface area contributed by atoms with Gasteiger partial charge in [-0.2, -0.15) is 5.10 Å². The minimum Gasteiger partial charge on any atom is -0.272 e. The molecule has 1 atom stereocenters. The van der Waals surface area contributed by atoms with E-state index in [9.17, 15) is 4.79 Å². The summed E-state index contributed by atoms with van der Waals surface area (Å²) in [6, 6.07) is 5.55. The minimum absolute atomic E-state index is 0.0323. The third-order valence-corrected chi connectivity index (χ3v) is 3.48. The molecule has 17 heavy (non-hydrogen) atoms. The van der Waals surface area contributed by atoms with Gasteiger partial charge in [0.05, 0.1) is 11.6 Å². The number of nitrogens with zero attached hydrogens (tertiary/aromatic N) is 2. The van der Waals surface area contributed by atoms with Crippen LogP contribution in [0.2, 0.25) is 5.02 Å². The van der Waals surface area contributed by atoms with E-state index in [1.165, 1.54) is 5.01 Å². The van der Waals surface area contributed by atoms with E-state index < -0.39 is 0 Å². The molecule has 3 nitrogen and oxygen atoms in total. The third kappa shape index (κ3) is 2.07. The summed E-state index contributed by atoms with van der Waals surface area (Å²) in [6.45, 7) is 5.82. The second kappa shape index (κ2) is 4.49. The summed E-state index contributed by atoms with van der Waals surface area (Å²) in [5.74, 6) is -0.0556. The Labute approximate surface area is 106 Å². The number of hydrogen-bond acceptors (Lipinski definition) is 2. The number of carbonyl (C=O) groups excluding carboxylic acids is 1. The molecule has 0 saturated heterocycles. The molecular weight excluding hydrogens is 236 g/mol. The first-order chi connectivity index (χ1) is 8.04. The van der Waals surface area contributed by atoms with Gasteiger partial charge in [0.15, 0.2) is 0 Å². The Morgan fingerprint density at radius 1 is 1.41 bits per heavy atom. The molecule has 1 amide bonds. The second-order valence-corrected chi connectivity index (χ2v) is 4.69. The first-order valence-corrected chi connectivity index (χ1v) is 6.07. The lowest BCUT2D eigenvalue weighted by molar-refractivity contribution is -0.119. The van der Waals surface area contributed by atoms with Gasteiger partial charge in [-0.15, -0.1) is 0 Å². The topological polar surface area (TPSA) is 32.7 Å². The maximum Gasteiger partial charge on any atom is 0.256 e. The average molecular weight is 251 g/mol. The van der Waals surface area contributed by atoms with E-state index >= 15 is 0 Å². The van der Waals surface area contributed by atoms with E-state index in [1.807, 2.05) is 32.9 Å². The molecule has 1 heterocycles. The average Bonchev–Trinajstić information content (AvgIpc) is 2.58. The van der Waals surface area contributed by atoms with Crippen LogP contribution in [0, 0.1) is 12.8 Å². The van der Waals surface area contributed by atoms with Crippen molar-refractivity contribution in [2.45, 2.75) is 27.2 Å². The fraction of sp³-hybridized carbons (Fsp3) is 0.385. The van der Waals surface area contributed by atoms with Crippen LogP contribution in [-0.2, 0) is 4.79 Å². The summed E-state index contributed by atoms with van der Waals surface area (Å²) in [5.41, 5.74) is 2.60. The highest BCUT2D eigenvalue weighted by atomic mass is 35.5. The van der Waals surface area contributed by atoms with Crippen molar-refractivity contribution in [2.75, 3.05) is 5.01 Å². The van der Waals surface area contributed by atoms with Gasteiger partial charge in [0.2, 0.25) is 0 Å². The highest BCUT2D eigenvalue weighted by Gasteiger charge is 2.32. The van der Waals surface area contributed by atoms with Gasteiger partial charge in [0.25, 0.3) is 5.91 Å². The molecule has 0 aromatic heterocycles. The lowest BCUT2D eigenvalue weighted by Gasteiger charge is -2.14. The lowest BCUT2D eigenvalue weighted by Crippen LogP contribution is -2.26. The van der Waals surface area contributed by atoms with Crippen molar-refractivity contribution < 1.29 is 4.79 Å².